The van der Waals surface area contributed by atoms with Crippen LogP contribution in [0.3, 0.4) is 0 Å². The summed E-state index contributed by atoms with van der Waals surface area (Å²) in [5.74, 6) is 2.38. The van der Waals surface area contributed by atoms with Crippen LogP contribution >= 0.6 is 0 Å². The lowest BCUT2D eigenvalue weighted by Gasteiger charge is -2.46. The van der Waals surface area contributed by atoms with Crippen LogP contribution in [0.15, 0.2) is 48.7 Å². The summed E-state index contributed by atoms with van der Waals surface area (Å²) in [5, 5.41) is 6.65. The topological polar surface area (TPSA) is 87.7 Å². The van der Waals surface area contributed by atoms with Gasteiger partial charge in [0, 0.05) is 54.8 Å². The summed E-state index contributed by atoms with van der Waals surface area (Å²) in [4.78, 5) is 19.6. The second kappa shape index (κ2) is 10.4. The highest BCUT2D eigenvalue weighted by molar-refractivity contribution is 5.71. The maximum absolute atomic E-state index is 6.34. The van der Waals surface area contributed by atoms with Gasteiger partial charge in [0.05, 0.1) is 30.6 Å². The Morgan fingerprint density at radius 3 is 2.69 bits per heavy atom. The van der Waals surface area contributed by atoms with Crippen LogP contribution in [0.1, 0.15) is 44.9 Å². The SMILES string of the molecule is CNCc1cccc(N2c3nc(Nc4ccc(N5CCCOCC5)cc4)ncc3[C@]3(C)COC(C)(C)C[C@H]23)n1. The normalized spacial score (nSPS) is 24.2. The Morgan fingerprint density at radius 1 is 1.03 bits per heavy atom. The number of aromatic nitrogens is 3. The molecule has 39 heavy (non-hydrogen) atoms. The van der Waals surface area contributed by atoms with E-state index in [1.54, 1.807) is 0 Å². The van der Waals surface area contributed by atoms with Crippen LogP contribution in [0.4, 0.5) is 29.0 Å². The molecular weight excluding hydrogens is 490 g/mol. The fourth-order valence-electron chi connectivity index (χ4n) is 6.03. The Balaban J connectivity index is 1.32. The lowest BCUT2D eigenvalue weighted by atomic mass is 9.73. The minimum Gasteiger partial charge on any atom is -0.380 e. The fourth-order valence-corrected chi connectivity index (χ4v) is 6.03. The average molecular weight is 530 g/mol. The molecule has 0 saturated carbocycles. The van der Waals surface area contributed by atoms with Crippen molar-refractivity contribution in [2.75, 3.05) is 55.1 Å². The van der Waals surface area contributed by atoms with E-state index in [4.69, 9.17) is 24.4 Å². The third-order valence-electron chi connectivity index (χ3n) is 8.21. The highest BCUT2D eigenvalue weighted by atomic mass is 16.5. The molecule has 2 atom stereocenters. The van der Waals surface area contributed by atoms with Gasteiger partial charge >= 0.3 is 0 Å². The largest absolute Gasteiger partial charge is 0.380 e. The minimum absolute atomic E-state index is 0.162. The van der Waals surface area contributed by atoms with Gasteiger partial charge in [0.2, 0.25) is 5.95 Å². The van der Waals surface area contributed by atoms with Crippen molar-refractivity contribution >= 4 is 29.0 Å². The molecule has 1 aromatic carbocycles. The molecule has 9 nitrogen and oxygen atoms in total. The number of nitrogens with zero attached hydrogens (tertiary/aromatic N) is 5. The van der Waals surface area contributed by atoms with Crippen molar-refractivity contribution in [3.63, 3.8) is 0 Å². The molecule has 0 spiro atoms. The molecule has 0 bridgehead atoms. The van der Waals surface area contributed by atoms with Gasteiger partial charge < -0.3 is 29.9 Å². The van der Waals surface area contributed by atoms with Crippen molar-refractivity contribution in [3.05, 3.63) is 59.9 Å². The number of benzene rings is 1. The van der Waals surface area contributed by atoms with Crippen LogP contribution in [0.5, 0.6) is 0 Å². The van der Waals surface area contributed by atoms with Gasteiger partial charge in [-0.2, -0.15) is 4.98 Å². The van der Waals surface area contributed by atoms with Crippen molar-refractivity contribution in [3.8, 4) is 0 Å². The van der Waals surface area contributed by atoms with Crippen LogP contribution in [0, 0.1) is 0 Å². The van der Waals surface area contributed by atoms with Crippen LogP contribution in [-0.4, -0.2) is 66.6 Å². The zero-order valence-electron chi connectivity index (χ0n) is 23.4. The molecule has 6 rings (SSSR count). The van der Waals surface area contributed by atoms with Gasteiger partial charge in [0.25, 0.3) is 0 Å². The molecule has 3 aliphatic heterocycles. The van der Waals surface area contributed by atoms with E-state index in [2.05, 4.69) is 83.7 Å². The molecule has 0 amide bonds. The maximum Gasteiger partial charge on any atom is 0.229 e. The Labute approximate surface area is 231 Å². The lowest BCUT2D eigenvalue weighted by Crippen LogP contribution is -2.54. The number of nitrogens with one attached hydrogen (secondary N) is 2. The zero-order valence-corrected chi connectivity index (χ0v) is 23.4. The number of rotatable bonds is 6. The summed E-state index contributed by atoms with van der Waals surface area (Å²) in [5.41, 5.74) is 3.80. The Morgan fingerprint density at radius 2 is 1.87 bits per heavy atom. The summed E-state index contributed by atoms with van der Waals surface area (Å²) in [6.45, 7) is 11.5. The van der Waals surface area contributed by atoms with E-state index in [0.29, 0.717) is 19.1 Å². The van der Waals surface area contributed by atoms with Crippen molar-refractivity contribution in [2.45, 2.75) is 57.2 Å². The molecule has 3 aliphatic rings. The molecule has 5 heterocycles. The number of fused-ring (bicyclic) bond motifs is 3. The van der Waals surface area contributed by atoms with Crippen LogP contribution in [0.25, 0.3) is 0 Å². The van der Waals surface area contributed by atoms with Crippen LogP contribution in [-0.2, 0) is 21.4 Å². The fraction of sp³-hybridized carbons (Fsp3) is 0.500. The number of ether oxygens (including phenoxy) is 2. The summed E-state index contributed by atoms with van der Waals surface area (Å²) in [6, 6.07) is 14.9. The van der Waals surface area contributed by atoms with E-state index in [-0.39, 0.29) is 17.1 Å². The molecule has 206 valence electrons. The van der Waals surface area contributed by atoms with Crippen molar-refractivity contribution in [1.82, 2.24) is 20.3 Å². The predicted molar refractivity (Wildman–Crippen MR) is 154 cm³/mol. The van der Waals surface area contributed by atoms with E-state index in [1.165, 1.54) is 5.69 Å². The van der Waals surface area contributed by atoms with E-state index < -0.39 is 0 Å². The number of pyridine rings is 1. The monoisotopic (exact) mass is 529 g/mol. The average Bonchev–Trinajstić information content (AvgIpc) is 3.08. The van der Waals surface area contributed by atoms with Gasteiger partial charge in [-0.15, -0.1) is 0 Å². The second-order valence-electron chi connectivity index (χ2n) is 11.6. The van der Waals surface area contributed by atoms with E-state index in [9.17, 15) is 0 Å². The van der Waals surface area contributed by atoms with Crippen molar-refractivity contribution in [1.29, 1.82) is 0 Å². The van der Waals surface area contributed by atoms with E-state index >= 15 is 0 Å². The quantitative estimate of drug-likeness (QED) is 0.478. The zero-order chi connectivity index (χ0) is 27.0. The van der Waals surface area contributed by atoms with Gasteiger partial charge in [0.1, 0.15) is 11.6 Å². The Bertz CT molecular complexity index is 1310. The highest BCUT2D eigenvalue weighted by Gasteiger charge is 2.55. The molecule has 2 saturated heterocycles. The first-order valence-electron chi connectivity index (χ1n) is 14.0. The number of hydrogen-bond donors (Lipinski definition) is 2. The predicted octanol–water partition coefficient (Wildman–Crippen LogP) is 4.54. The first-order chi connectivity index (χ1) is 18.9. The van der Waals surface area contributed by atoms with Crippen LogP contribution < -0.4 is 20.4 Å². The van der Waals surface area contributed by atoms with Gasteiger partial charge in [0.15, 0.2) is 0 Å². The first-order valence-corrected chi connectivity index (χ1v) is 14.0. The standard InChI is InChI=1S/C30H39N7O2/c1-29(2)17-25-30(3,20-39-29)24-19-32-28(35-27(24)37(25)26-8-5-7-22(33-26)18-31-4)34-21-9-11-23(12-10-21)36-13-6-15-38-16-14-36/h5,7-12,19,25,31H,6,13-18,20H2,1-4H3,(H,32,34,35)/t25-,30-/m0/s1. The number of anilines is 5. The Kier molecular flexibility index (Phi) is 6.91. The van der Waals surface area contributed by atoms with Crippen molar-refractivity contribution < 1.29 is 9.47 Å². The highest BCUT2D eigenvalue weighted by Crippen LogP contribution is 2.52. The molecule has 9 heteroatoms. The first kappa shape index (κ1) is 26.0. The molecule has 0 radical (unpaired) electrons. The summed E-state index contributed by atoms with van der Waals surface area (Å²) < 4.78 is 11.9. The summed E-state index contributed by atoms with van der Waals surface area (Å²) in [7, 11) is 1.94. The minimum atomic E-state index is -0.234. The molecule has 2 N–H and O–H groups in total. The van der Waals surface area contributed by atoms with Gasteiger partial charge in [-0.25, -0.2) is 9.97 Å². The molecular formula is C30H39N7O2. The van der Waals surface area contributed by atoms with E-state index in [1.807, 2.05) is 13.2 Å². The molecule has 2 fully saturated rings. The smallest absolute Gasteiger partial charge is 0.229 e. The third-order valence-corrected chi connectivity index (χ3v) is 8.21. The number of hydrogen-bond acceptors (Lipinski definition) is 9. The second-order valence-corrected chi connectivity index (χ2v) is 11.6. The third kappa shape index (κ3) is 5.06. The Hall–Kier alpha value is -3.27. The maximum atomic E-state index is 6.34. The molecule has 2 aromatic heterocycles. The lowest BCUT2D eigenvalue weighted by molar-refractivity contribution is -0.0893. The van der Waals surface area contributed by atoms with E-state index in [0.717, 1.165) is 67.7 Å². The molecule has 3 aromatic rings. The summed E-state index contributed by atoms with van der Waals surface area (Å²) >= 11 is 0. The van der Waals surface area contributed by atoms with Gasteiger partial charge in [-0.3, -0.25) is 0 Å². The summed E-state index contributed by atoms with van der Waals surface area (Å²) in [6.07, 6.45) is 3.89. The molecule has 0 aliphatic carbocycles. The van der Waals surface area contributed by atoms with Gasteiger partial charge in [-0.05, 0) is 70.1 Å². The van der Waals surface area contributed by atoms with Gasteiger partial charge in [-0.1, -0.05) is 13.0 Å². The van der Waals surface area contributed by atoms with Crippen LogP contribution in [0.2, 0.25) is 0 Å². The van der Waals surface area contributed by atoms with Crippen molar-refractivity contribution in [2.24, 2.45) is 0 Å². The molecule has 0 unspecified atom stereocenters.